The number of nitrogens with two attached hydrogens (primary N) is 1. The first-order valence-corrected chi connectivity index (χ1v) is 7.38. The molecule has 3 aromatic rings. The zero-order valence-corrected chi connectivity index (χ0v) is 13.6. The predicted molar refractivity (Wildman–Crippen MR) is 90.4 cm³/mol. The smallest absolute Gasteiger partial charge is 0.286 e. The van der Waals surface area contributed by atoms with Crippen LogP contribution in [0.4, 0.5) is 10.1 Å². The number of aryl methyl sites for hydroxylation is 1. The van der Waals surface area contributed by atoms with Gasteiger partial charge >= 0.3 is 0 Å². The second kappa shape index (κ2) is 6.27. The Morgan fingerprint density at radius 2 is 2.00 bits per heavy atom. The number of carbonyl (C=O) groups is 2. The normalized spacial score (nSPS) is 10.7. The Bertz CT molecular complexity index is 994. The van der Waals surface area contributed by atoms with Crippen molar-refractivity contribution in [2.45, 2.75) is 6.92 Å². The maximum Gasteiger partial charge on any atom is 0.286 e. The molecule has 0 saturated heterocycles. The number of carbonyl (C=O) groups excluding carboxylic acids is 2. The van der Waals surface area contributed by atoms with Gasteiger partial charge in [0.15, 0.2) is 0 Å². The average molecular weight is 342 g/mol. The average Bonchev–Trinajstić information content (AvgIpc) is 2.93. The lowest BCUT2D eigenvalue weighted by atomic mass is 10.1. The molecule has 0 saturated carbocycles. The summed E-state index contributed by atoms with van der Waals surface area (Å²) in [7, 11) is 1.48. The number of anilines is 1. The Labute approximate surface area is 142 Å². The maximum atomic E-state index is 13.9. The molecule has 0 radical (unpaired) electrons. The number of hydrogen-bond donors (Lipinski definition) is 2. The summed E-state index contributed by atoms with van der Waals surface area (Å²) in [6, 6.07) is 9.09. The van der Waals surface area contributed by atoms with Crippen LogP contribution in [0.25, 0.3) is 11.0 Å². The first kappa shape index (κ1) is 16.5. The standard InChI is InChI=1S/C18H15FN2O4/c1-9-6-14-12(8-13(9)19)15(16(25-14)17(20)22)21-18(23)10-4-3-5-11(7-10)24-2/h3-8H,1-2H3,(H2,20,22)(H,21,23). The van der Waals surface area contributed by atoms with E-state index in [1.807, 2.05) is 0 Å². The van der Waals surface area contributed by atoms with Crippen molar-refractivity contribution >= 4 is 28.5 Å². The summed E-state index contributed by atoms with van der Waals surface area (Å²) in [4.78, 5) is 24.1. The van der Waals surface area contributed by atoms with Crippen molar-refractivity contribution in [3.8, 4) is 5.75 Å². The number of benzene rings is 2. The second-order valence-corrected chi connectivity index (χ2v) is 5.45. The van der Waals surface area contributed by atoms with E-state index in [1.54, 1.807) is 25.1 Å². The number of primary amides is 1. The first-order chi connectivity index (χ1) is 11.9. The Balaban J connectivity index is 2.07. The Hall–Kier alpha value is -3.35. The van der Waals surface area contributed by atoms with Crippen LogP contribution in [0.2, 0.25) is 0 Å². The zero-order chi connectivity index (χ0) is 18.1. The van der Waals surface area contributed by atoms with Crippen LogP contribution in [0.15, 0.2) is 40.8 Å². The van der Waals surface area contributed by atoms with Crippen molar-refractivity contribution in [3.63, 3.8) is 0 Å². The monoisotopic (exact) mass is 342 g/mol. The number of hydrogen-bond acceptors (Lipinski definition) is 4. The van der Waals surface area contributed by atoms with Crippen molar-refractivity contribution in [1.82, 2.24) is 0 Å². The lowest BCUT2D eigenvalue weighted by Gasteiger charge is -2.07. The number of furan rings is 1. The van der Waals surface area contributed by atoms with Crippen LogP contribution in [-0.2, 0) is 0 Å². The topological polar surface area (TPSA) is 94.6 Å². The lowest BCUT2D eigenvalue weighted by molar-refractivity contribution is 0.0977. The molecule has 7 heteroatoms. The Morgan fingerprint density at radius 1 is 1.24 bits per heavy atom. The molecule has 0 fully saturated rings. The molecule has 0 aliphatic carbocycles. The highest BCUT2D eigenvalue weighted by Gasteiger charge is 2.22. The number of rotatable bonds is 4. The number of ether oxygens (including phenoxy) is 1. The Morgan fingerprint density at radius 3 is 2.68 bits per heavy atom. The molecule has 0 bridgehead atoms. The molecule has 2 amide bonds. The van der Waals surface area contributed by atoms with Crippen molar-refractivity contribution in [1.29, 1.82) is 0 Å². The minimum absolute atomic E-state index is 0.0363. The van der Waals surface area contributed by atoms with E-state index >= 15 is 0 Å². The minimum atomic E-state index is -0.866. The Kier molecular flexibility index (Phi) is 4.14. The van der Waals surface area contributed by atoms with Gasteiger partial charge in [-0.1, -0.05) is 6.07 Å². The van der Waals surface area contributed by atoms with E-state index in [-0.39, 0.29) is 22.4 Å². The van der Waals surface area contributed by atoms with Gasteiger partial charge in [-0.05, 0) is 42.8 Å². The van der Waals surface area contributed by atoms with Crippen LogP contribution >= 0.6 is 0 Å². The molecule has 1 heterocycles. The number of nitrogens with one attached hydrogen (secondary N) is 1. The van der Waals surface area contributed by atoms with Crippen molar-refractivity contribution in [2.24, 2.45) is 5.73 Å². The van der Waals surface area contributed by atoms with Gasteiger partial charge in [-0.3, -0.25) is 9.59 Å². The molecule has 3 N–H and O–H groups in total. The largest absolute Gasteiger partial charge is 0.497 e. The summed E-state index contributed by atoms with van der Waals surface area (Å²) >= 11 is 0. The van der Waals surface area contributed by atoms with E-state index < -0.39 is 17.6 Å². The molecule has 0 unspecified atom stereocenters. The predicted octanol–water partition coefficient (Wildman–Crippen LogP) is 3.24. The van der Waals surface area contributed by atoms with Crippen LogP contribution < -0.4 is 15.8 Å². The van der Waals surface area contributed by atoms with Crippen molar-refractivity contribution in [2.75, 3.05) is 12.4 Å². The highest BCUT2D eigenvalue weighted by atomic mass is 19.1. The highest BCUT2D eigenvalue weighted by Crippen LogP contribution is 2.33. The quantitative estimate of drug-likeness (QED) is 0.761. The third-order valence-corrected chi connectivity index (χ3v) is 3.76. The third kappa shape index (κ3) is 3.03. The van der Waals surface area contributed by atoms with Crippen LogP contribution in [0.3, 0.4) is 0 Å². The summed E-state index contributed by atoms with van der Waals surface area (Å²) in [5.74, 6) is -1.60. The molecule has 0 aliphatic heterocycles. The number of methoxy groups -OCH3 is 1. The summed E-state index contributed by atoms with van der Waals surface area (Å²) in [5.41, 5.74) is 6.26. The molecular weight excluding hydrogens is 327 g/mol. The molecule has 0 atom stereocenters. The fourth-order valence-electron chi connectivity index (χ4n) is 2.47. The van der Waals surface area contributed by atoms with E-state index in [9.17, 15) is 14.0 Å². The van der Waals surface area contributed by atoms with Crippen LogP contribution in [0.1, 0.15) is 26.5 Å². The summed E-state index contributed by atoms with van der Waals surface area (Å²) in [6.07, 6.45) is 0. The van der Waals surface area contributed by atoms with Gasteiger partial charge in [-0.25, -0.2) is 4.39 Å². The van der Waals surface area contributed by atoms with Gasteiger partial charge in [0.05, 0.1) is 7.11 Å². The van der Waals surface area contributed by atoms with E-state index in [2.05, 4.69) is 5.32 Å². The minimum Gasteiger partial charge on any atom is -0.497 e. The molecule has 6 nitrogen and oxygen atoms in total. The maximum absolute atomic E-state index is 13.9. The number of amides is 2. The molecule has 25 heavy (non-hydrogen) atoms. The fraction of sp³-hybridized carbons (Fsp3) is 0.111. The third-order valence-electron chi connectivity index (χ3n) is 3.76. The SMILES string of the molecule is COc1cccc(C(=O)Nc2c(C(N)=O)oc3cc(C)c(F)cc23)c1. The van der Waals surface area contributed by atoms with Crippen LogP contribution in [0, 0.1) is 12.7 Å². The van der Waals surface area contributed by atoms with Crippen molar-refractivity contribution in [3.05, 3.63) is 59.1 Å². The van der Waals surface area contributed by atoms with E-state index in [0.29, 0.717) is 16.9 Å². The molecule has 0 aliphatic rings. The second-order valence-electron chi connectivity index (χ2n) is 5.45. The molecule has 2 aromatic carbocycles. The molecule has 3 rings (SSSR count). The van der Waals surface area contributed by atoms with Gasteiger partial charge in [0.1, 0.15) is 22.8 Å². The lowest BCUT2D eigenvalue weighted by Crippen LogP contribution is -2.17. The summed E-state index contributed by atoms with van der Waals surface area (Å²) < 4.78 is 24.4. The van der Waals surface area contributed by atoms with Crippen molar-refractivity contribution < 1.29 is 23.1 Å². The summed E-state index contributed by atoms with van der Waals surface area (Å²) in [5, 5.41) is 2.83. The molecular formula is C18H15FN2O4. The van der Waals surface area contributed by atoms with Crippen LogP contribution in [0.5, 0.6) is 5.75 Å². The van der Waals surface area contributed by atoms with E-state index in [4.69, 9.17) is 14.9 Å². The van der Waals surface area contributed by atoms with Gasteiger partial charge in [0.25, 0.3) is 11.8 Å². The summed E-state index contributed by atoms with van der Waals surface area (Å²) in [6.45, 7) is 1.57. The number of fused-ring (bicyclic) bond motifs is 1. The van der Waals surface area contributed by atoms with E-state index in [1.165, 1.54) is 25.3 Å². The number of halogens is 1. The van der Waals surface area contributed by atoms with Gasteiger partial charge in [0, 0.05) is 10.9 Å². The van der Waals surface area contributed by atoms with Gasteiger partial charge in [0.2, 0.25) is 5.76 Å². The molecule has 1 aromatic heterocycles. The van der Waals surface area contributed by atoms with Gasteiger partial charge in [-0.15, -0.1) is 0 Å². The van der Waals surface area contributed by atoms with Gasteiger partial charge in [-0.2, -0.15) is 0 Å². The highest BCUT2D eigenvalue weighted by molar-refractivity contribution is 6.14. The molecule has 0 spiro atoms. The van der Waals surface area contributed by atoms with E-state index in [0.717, 1.165) is 0 Å². The first-order valence-electron chi connectivity index (χ1n) is 7.38. The van der Waals surface area contributed by atoms with Gasteiger partial charge < -0.3 is 20.2 Å². The molecule has 128 valence electrons. The van der Waals surface area contributed by atoms with Crippen LogP contribution in [-0.4, -0.2) is 18.9 Å². The zero-order valence-electron chi connectivity index (χ0n) is 13.6. The fourth-order valence-corrected chi connectivity index (χ4v) is 2.47.